The fourth-order valence-corrected chi connectivity index (χ4v) is 2.19. The highest BCUT2D eigenvalue weighted by Crippen LogP contribution is 2.12. The molecule has 0 atom stereocenters. The smallest absolute Gasteiger partial charge is 0.275 e. The van der Waals surface area contributed by atoms with Crippen LogP contribution in [0.25, 0.3) is 0 Å². The first-order valence-corrected chi connectivity index (χ1v) is 7.76. The summed E-state index contributed by atoms with van der Waals surface area (Å²) in [5, 5.41) is 14.4. The molecule has 2 aromatic carbocycles. The summed E-state index contributed by atoms with van der Waals surface area (Å²) in [6, 6.07) is 14.9. The molecule has 1 aromatic heterocycles. The lowest BCUT2D eigenvalue weighted by molar-refractivity contribution is 0.102. The molecule has 6 nitrogen and oxygen atoms in total. The van der Waals surface area contributed by atoms with E-state index in [0.717, 1.165) is 0 Å². The Kier molecular flexibility index (Phi) is 5.15. The van der Waals surface area contributed by atoms with E-state index >= 15 is 0 Å². The van der Waals surface area contributed by atoms with Gasteiger partial charge in [-0.25, -0.2) is 14.4 Å². The summed E-state index contributed by atoms with van der Waals surface area (Å²) in [6.07, 6.45) is 2.75. The number of carbonyl (C=O) groups is 1. The molecule has 7 heteroatoms. The fourth-order valence-electron chi connectivity index (χ4n) is 2.19. The van der Waals surface area contributed by atoms with E-state index in [-0.39, 0.29) is 18.1 Å². The Bertz CT molecular complexity index is 949. The van der Waals surface area contributed by atoms with Gasteiger partial charge in [0, 0.05) is 17.8 Å². The maximum atomic E-state index is 13.6. The maximum absolute atomic E-state index is 13.6. The predicted molar refractivity (Wildman–Crippen MR) is 94.9 cm³/mol. The Hall–Kier alpha value is -3.79. The van der Waals surface area contributed by atoms with Crippen LogP contribution >= 0.6 is 0 Å². The minimum Gasteiger partial charge on any atom is -0.365 e. The third-order valence-electron chi connectivity index (χ3n) is 3.57. The molecule has 0 aliphatic carbocycles. The zero-order valence-electron chi connectivity index (χ0n) is 13.6. The van der Waals surface area contributed by atoms with Gasteiger partial charge in [0.05, 0.1) is 24.0 Å². The van der Waals surface area contributed by atoms with Crippen LogP contribution in [0.4, 0.5) is 15.9 Å². The van der Waals surface area contributed by atoms with Gasteiger partial charge >= 0.3 is 0 Å². The molecule has 128 valence electrons. The molecule has 1 heterocycles. The van der Waals surface area contributed by atoms with Gasteiger partial charge in [-0.15, -0.1) is 0 Å². The first-order chi connectivity index (χ1) is 12.7. The van der Waals surface area contributed by atoms with E-state index in [9.17, 15) is 9.18 Å². The van der Waals surface area contributed by atoms with Crippen LogP contribution in [0.5, 0.6) is 0 Å². The molecular formula is C19H14FN5O. The summed E-state index contributed by atoms with van der Waals surface area (Å²) in [6.45, 7) is 0.262. The number of carbonyl (C=O) groups excluding carboxylic acids is 1. The predicted octanol–water partition coefficient (Wildman–Crippen LogP) is 3.35. The lowest BCUT2D eigenvalue weighted by Gasteiger charge is -2.07. The summed E-state index contributed by atoms with van der Waals surface area (Å²) in [7, 11) is 0. The Morgan fingerprint density at radius 2 is 1.85 bits per heavy atom. The van der Waals surface area contributed by atoms with Gasteiger partial charge in [0.25, 0.3) is 5.91 Å². The Balaban J connectivity index is 1.60. The van der Waals surface area contributed by atoms with Gasteiger partial charge < -0.3 is 10.6 Å². The number of amides is 1. The van der Waals surface area contributed by atoms with Gasteiger partial charge in [-0.2, -0.15) is 5.26 Å². The minimum absolute atomic E-state index is 0.144. The highest BCUT2D eigenvalue weighted by molar-refractivity contribution is 6.02. The lowest BCUT2D eigenvalue weighted by Crippen LogP contribution is -2.14. The second kappa shape index (κ2) is 7.85. The van der Waals surface area contributed by atoms with Crippen LogP contribution < -0.4 is 10.6 Å². The first-order valence-electron chi connectivity index (χ1n) is 7.76. The van der Waals surface area contributed by atoms with E-state index in [1.54, 1.807) is 42.5 Å². The normalized spacial score (nSPS) is 10.0. The highest BCUT2D eigenvalue weighted by atomic mass is 19.1. The van der Waals surface area contributed by atoms with Crippen LogP contribution in [-0.2, 0) is 6.54 Å². The van der Waals surface area contributed by atoms with Crippen molar-refractivity contribution in [2.45, 2.75) is 6.54 Å². The second-order valence-electron chi connectivity index (χ2n) is 5.38. The number of halogens is 1. The Morgan fingerprint density at radius 3 is 2.50 bits per heavy atom. The lowest BCUT2D eigenvalue weighted by atomic mass is 10.2. The average molecular weight is 347 g/mol. The fraction of sp³-hybridized carbons (Fsp3) is 0.0526. The molecule has 3 rings (SSSR count). The number of nitriles is 1. The van der Waals surface area contributed by atoms with Gasteiger partial charge in [0.2, 0.25) is 0 Å². The van der Waals surface area contributed by atoms with Crippen molar-refractivity contribution in [1.82, 2.24) is 9.97 Å². The molecule has 0 radical (unpaired) electrons. The third kappa shape index (κ3) is 4.19. The molecule has 0 saturated heterocycles. The molecule has 0 spiro atoms. The first kappa shape index (κ1) is 17.0. The van der Waals surface area contributed by atoms with E-state index in [1.807, 2.05) is 6.07 Å². The van der Waals surface area contributed by atoms with Gasteiger partial charge in [-0.05, 0) is 30.3 Å². The van der Waals surface area contributed by atoms with Gasteiger partial charge in [-0.1, -0.05) is 18.2 Å². The van der Waals surface area contributed by atoms with Crippen molar-refractivity contribution in [1.29, 1.82) is 5.26 Å². The van der Waals surface area contributed by atoms with Crippen molar-refractivity contribution >= 4 is 17.4 Å². The van der Waals surface area contributed by atoms with E-state index in [0.29, 0.717) is 22.6 Å². The van der Waals surface area contributed by atoms with Crippen LogP contribution in [0.1, 0.15) is 21.6 Å². The van der Waals surface area contributed by atoms with E-state index in [4.69, 9.17) is 5.26 Å². The number of hydrogen-bond acceptors (Lipinski definition) is 5. The molecule has 26 heavy (non-hydrogen) atoms. The Morgan fingerprint density at radius 1 is 1.08 bits per heavy atom. The molecule has 3 aromatic rings. The molecule has 0 aliphatic rings. The molecule has 0 bridgehead atoms. The monoisotopic (exact) mass is 347 g/mol. The van der Waals surface area contributed by atoms with Crippen molar-refractivity contribution < 1.29 is 9.18 Å². The topological polar surface area (TPSA) is 90.7 Å². The number of anilines is 2. The summed E-state index contributed by atoms with van der Waals surface area (Å²) >= 11 is 0. The third-order valence-corrected chi connectivity index (χ3v) is 3.57. The average Bonchev–Trinajstić information content (AvgIpc) is 2.68. The zero-order chi connectivity index (χ0) is 18.4. The minimum atomic E-state index is -0.414. The van der Waals surface area contributed by atoms with Crippen LogP contribution in [-0.4, -0.2) is 15.9 Å². The quantitative estimate of drug-likeness (QED) is 0.738. The van der Waals surface area contributed by atoms with E-state index in [1.165, 1.54) is 18.5 Å². The molecule has 0 fully saturated rings. The van der Waals surface area contributed by atoms with Gasteiger partial charge in [-0.3, -0.25) is 4.79 Å². The zero-order valence-corrected chi connectivity index (χ0v) is 13.6. The van der Waals surface area contributed by atoms with Crippen molar-refractivity contribution in [3.8, 4) is 6.07 Å². The molecule has 1 amide bonds. The summed E-state index contributed by atoms with van der Waals surface area (Å²) in [5.74, 6) is -0.280. The van der Waals surface area contributed by atoms with Crippen molar-refractivity contribution in [2.24, 2.45) is 0 Å². The number of nitrogens with one attached hydrogen (secondary N) is 2. The van der Waals surface area contributed by atoms with Gasteiger partial charge in [0.1, 0.15) is 17.3 Å². The number of aromatic nitrogens is 2. The van der Waals surface area contributed by atoms with Crippen molar-refractivity contribution in [3.63, 3.8) is 0 Å². The summed E-state index contributed by atoms with van der Waals surface area (Å²) < 4.78 is 13.6. The summed E-state index contributed by atoms with van der Waals surface area (Å²) in [5.41, 5.74) is 1.72. The van der Waals surface area contributed by atoms with Crippen LogP contribution in [0.3, 0.4) is 0 Å². The molecule has 0 saturated carbocycles. The molecule has 2 N–H and O–H groups in total. The van der Waals surface area contributed by atoms with E-state index in [2.05, 4.69) is 20.6 Å². The maximum Gasteiger partial charge on any atom is 0.275 e. The SMILES string of the molecule is N#Cc1ccc(NC(=O)c2cnc(NCc3ccccc3F)cn2)cc1. The van der Waals surface area contributed by atoms with Crippen molar-refractivity contribution in [2.75, 3.05) is 10.6 Å². The number of hydrogen-bond donors (Lipinski definition) is 2. The van der Waals surface area contributed by atoms with Gasteiger partial charge in [0.15, 0.2) is 0 Å². The number of benzene rings is 2. The Labute approximate surface area is 149 Å². The van der Waals surface area contributed by atoms with Crippen LogP contribution in [0.2, 0.25) is 0 Å². The highest BCUT2D eigenvalue weighted by Gasteiger charge is 2.09. The largest absolute Gasteiger partial charge is 0.365 e. The molecular weight excluding hydrogens is 333 g/mol. The molecule has 0 unspecified atom stereocenters. The van der Waals surface area contributed by atoms with Crippen LogP contribution in [0.15, 0.2) is 60.9 Å². The molecule has 0 aliphatic heterocycles. The van der Waals surface area contributed by atoms with Crippen LogP contribution in [0, 0.1) is 17.1 Å². The number of nitrogens with zero attached hydrogens (tertiary/aromatic N) is 3. The van der Waals surface area contributed by atoms with Crippen molar-refractivity contribution in [3.05, 3.63) is 83.6 Å². The standard InChI is InChI=1S/C19H14FN5O/c20-16-4-2-1-3-14(16)10-23-18-12-22-17(11-24-18)19(26)25-15-7-5-13(9-21)6-8-15/h1-8,11-12H,10H2,(H,23,24)(H,25,26). The summed E-state index contributed by atoms with van der Waals surface area (Å²) in [4.78, 5) is 20.3. The second-order valence-corrected chi connectivity index (χ2v) is 5.38. The number of rotatable bonds is 5. The van der Waals surface area contributed by atoms with E-state index < -0.39 is 5.91 Å².